The maximum Gasteiger partial charge on any atom is 0.140 e. The third kappa shape index (κ3) is 3.79. The van der Waals surface area contributed by atoms with Crippen molar-refractivity contribution in [2.45, 2.75) is 32.2 Å². The normalized spacial score (nSPS) is 21.3. The van der Waals surface area contributed by atoms with Gasteiger partial charge in [-0.25, -0.2) is 9.97 Å². The molecule has 1 aromatic heterocycles. The van der Waals surface area contributed by atoms with Crippen molar-refractivity contribution in [3.63, 3.8) is 0 Å². The Morgan fingerprint density at radius 3 is 2.75 bits per heavy atom. The summed E-state index contributed by atoms with van der Waals surface area (Å²) in [5.41, 5.74) is 7.14. The van der Waals surface area contributed by atoms with Crippen LogP contribution in [0.5, 0.6) is 0 Å². The molecule has 1 aliphatic heterocycles. The molecule has 0 amide bonds. The number of piperazine rings is 1. The smallest absolute Gasteiger partial charge is 0.140 e. The van der Waals surface area contributed by atoms with Crippen molar-refractivity contribution >= 4 is 28.4 Å². The Labute approximate surface area is 135 Å². The zero-order valence-electron chi connectivity index (χ0n) is 12.6. The van der Waals surface area contributed by atoms with E-state index in [-0.39, 0.29) is 0 Å². The highest BCUT2D eigenvalue weighted by Gasteiger charge is 2.24. The summed E-state index contributed by atoms with van der Waals surface area (Å²) in [5, 5.41) is 0. The third-order valence-electron chi connectivity index (χ3n) is 3.88. The molecule has 2 rings (SSSR count). The van der Waals surface area contributed by atoms with E-state index in [4.69, 9.17) is 10.7 Å². The van der Waals surface area contributed by atoms with E-state index in [1.807, 2.05) is 0 Å². The largest absolute Gasteiger partial charge is 0.383 e. The summed E-state index contributed by atoms with van der Waals surface area (Å²) in [6.07, 6.45) is 2.93. The predicted molar refractivity (Wildman–Crippen MR) is 90.8 cm³/mol. The average Bonchev–Trinajstić information content (AvgIpc) is 2.40. The molecular weight excluding hydrogens is 365 g/mol. The SMILES string of the molecule is CCCc1nc(CC2CN(C)CCN2C)nc(N)c1I. The van der Waals surface area contributed by atoms with Crippen LogP contribution in [0.1, 0.15) is 24.9 Å². The van der Waals surface area contributed by atoms with Crippen LogP contribution in [0, 0.1) is 3.57 Å². The zero-order chi connectivity index (χ0) is 14.7. The Bertz CT molecular complexity index is 465. The minimum atomic E-state index is 0.475. The lowest BCUT2D eigenvalue weighted by Gasteiger charge is -2.37. The van der Waals surface area contributed by atoms with E-state index in [1.165, 1.54) is 0 Å². The number of aryl methyl sites for hydroxylation is 1. The molecule has 1 aliphatic rings. The number of rotatable bonds is 4. The van der Waals surface area contributed by atoms with Crippen LogP contribution >= 0.6 is 22.6 Å². The van der Waals surface area contributed by atoms with Crippen LogP contribution in [0.25, 0.3) is 0 Å². The molecular formula is C14H24IN5. The van der Waals surface area contributed by atoms with E-state index < -0.39 is 0 Å². The number of nitrogens with zero attached hydrogens (tertiary/aromatic N) is 4. The molecule has 1 saturated heterocycles. The van der Waals surface area contributed by atoms with E-state index in [0.717, 1.165) is 54.0 Å². The van der Waals surface area contributed by atoms with Crippen molar-refractivity contribution in [3.05, 3.63) is 15.1 Å². The maximum absolute atomic E-state index is 6.04. The van der Waals surface area contributed by atoms with Crippen LogP contribution in [-0.2, 0) is 12.8 Å². The van der Waals surface area contributed by atoms with Gasteiger partial charge in [0.2, 0.25) is 0 Å². The van der Waals surface area contributed by atoms with Gasteiger partial charge >= 0.3 is 0 Å². The molecule has 6 heteroatoms. The standard InChI is InChI=1S/C14H24IN5/c1-4-5-11-13(15)14(16)18-12(17-11)8-10-9-19(2)6-7-20(10)3/h10H,4-9H2,1-3H3,(H2,16,17,18). The first-order valence-electron chi connectivity index (χ1n) is 7.20. The van der Waals surface area contributed by atoms with Crippen LogP contribution in [0.15, 0.2) is 0 Å². The number of nitrogen functional groups attached to an aromatic ring is 1. The Balaban J connectivity index is 2.16. The molecule has 0 aliphatic carbocycles. The second-order valence-corrected chi connectivity index (χ2v) is 6.72. The third-order valence-corrected chi connectivity index (χ3v) is 5.05. The van der Waals surface area contributed by atoms with Gasteiger partial charge in [0.1, 0.15) is 11.6 Å². The van der Waals surface area contributed by atoms with Crippen molar-refractivity contribution in [2.24, 2.45) is 0 Å². The van der Waals surface area contributed by atoms with Gasteiger partial charge in [0.25, 0.3) is 0 Å². The van der Waals surface area contributed by atoms with Gasteiger partial charge in [0.15, 0.2) is 0 Å². The number of halogens is 1. The van der Waals surface area contributed by atoms with Crippen molar-refractivity contribution < 1.29 is 0 Å². The first-order valence-corrected chi connectivity index (χ1v) is 8.28. The molecule has 0 saturated carbocycles. The fourth-order valence-corrected chi connectivity index (χ4v) is 3.10. The zero-order valence-corrected chi connectivity index (χ0v) is 14.7. The summed E-state index contributed by atoms with van der Waals surface area (Å²) >= 11 is 2.25. The molecule has 5 nitrogen and oxygen atoms in total. The lowest BCUT2D eigenvalue weighted by atomic mass is 10.1. The van der Waals surface area contributed by atoms with Crippen LogP contribution in [0.3, 0.4) is 0 Å². The predicted octanol–water partition coefficient (Wildman–Crippen LogP) is 1.40. The summed E-state index contributed by atoms with van der Waals surface area (Å²) in [6, 6.07) is 0.475. The molecule has 0 spiro atoms. The molecule has 1 atom stereocenters. The Morgan fingerprint density at radius 2 is 2.05 bits per heavy atom. The summed E-state index contributed by atoms with van der Waals surface area (Å²) in [6.45, 7) is 5.46. The molecule has 2 heterocycles. The van der Waals surface area contributed by atoms with Gasteiger partial charge in [-0.3, -0.25) is 0 Å². The van der Waals surface area contributed by atoms with Gasteiger partial charge < -0.3 is 15.5 Å². The minimum absolute atomic E-state index is 0.475. The molecule has 20 heavy (non-hydrogen) atoms. The average molecular weight is 389 g/mol. The fourth-order valence-electron chi connectivity index (χ4n) is 2.59. The highest BCUT2D eigenvalue weighted by molar-refractivity contribution is 14.1. The molecule has 0 bridgehead atoms. The number of likely N-dealkylation sites (N-methyl/N-ethyl adjacent to an activating group) is 2. The minimum Gasteiger partial charge on any atom is -0.383 e. The number of aromatic nitrogens is 2. The van der Waals surface area contributed by atoms with Gasteiger partial charge in [-0.2, -0.15) is 0 Å². The van der Waals surface area contributed by atoms with E-state index in [9.17, 15) is 0 Å². The van der Waals surface area contributed by atoms with Gasteiger partial charge in [-0.1, -0.05) is 13.3 Å². The van der Waals surface area contributed by atoms with Gasteiger partial charge in [0, 0.05) is 32.1 Å². The van der Waals surface area contributed by atoms with Crippen LogP contribution in [-0.4, -0.2) is 59.5 Å². The molecule has 1 fully saturated rings. The van der Waals surface area contributed by atoms with Gasteiger partial charge in [-0.05, 0) is 43.1 Å². The first kappa shape index (κ1) is 15.9. The Kier molecular flexibility index (Phi) is 5.57. The second kappa shape index (κ2) is 7.00. The van der Waals surface area contributed by atoms with E-state index in [2.05, 4.69) is 58.4 Å². The van der Waals surface area contributed by atoms with E-state index in [0.29, 0.717) is 11.9 Å². The molecule has 1 unspecified atom stereocenters. The molecule has 0 aromatic carbocycles. The summed E-state index contributed by atoms with van der Waals surface area (Å²) in [7, 11) is 4.35. The summed E-state index contributed by atoms with van der Waals surface area (Å²) < 4.78 is 1.02. The number of hydrogen-bond acceptors (Lipinski definition) is 5. The van der Waals surface area contributed by atoms with E-state index in [1.54, 1.807) is 0 Å². The number of nitrogens with two attached hydrogens (primary N) is 1. The van der Waals surface area contributed by atoms with Crippen molar-refractivity contribution in [1.82, 2.24) is 19.8 Å². The Morgan fingerprint density at radius 1 is 1.30 bits per heavy atom. The topological polar surface area (TPSA) is 58.3 Å². The maximum atomic E-state index is 6.04. The number of hydrogen-bond donors (Lipinski definition) is 1. The van der Waals surface area contributed by atoms with E-state index >= 15 is 0 Å². The highest BCUT2D eigenvalue weighted by Crippen LogP contribution is 2.19. The lowest BCUT2D eigenvalue weighted by Crippen LogP contribution is -2.51. The van der Waals surface area contributed by atoms with Crippen LogP contribution in [0.2, 0.25) is 0 Å². The van der Waals surface area contributed by atoms with Crippen LogP contribution < -0.4 is 5.73 Å². The van der Waals surface area contributed by atoms with Gasteiger partial charge in [0.05, 0.1) is 9.26 Å². The monoisotopic (exact) mass is 389 g/mol. The van der Waals surface area contributed by atoms with Crippen LogP contribution in [0.4, 0.5) is 5.82 Å². The number of anilines is 1. The van der Waals surface area contributed by atoms with Gasteiger partial charge in [-0.15, -0.1) is 0 Å². The summed E-state index contributed by atoms with van der Waals surface area (Å²) in [5.74, 6) is 1.52. The fraction of sp³-hybridized carbons (Fsp3) is 0.714. The van der Waals surface area contributed by atoms with Crippen molar-refractivity contribution in [2.75, 3.05) is 39.5 Å². The quantitative estimate of drug-likeness (QED) is 0.790. The Hall–Kier alpha value is -0.470. The highest BCUT2D eigenvalue weighted by atomic mass is 127. The van der Waals surface area contributed by atoms with Crippen molar-refractivity contribution in [1.29, 1.82) is 0 Å². The van der Waals surface area contributed by atoms with Crippen molar-refractivity contribution in [3.8, 4) is 0 Å². The lowest BCUT2D eigenvalue weighted by molar-refractivity contribution is 0.113. The molecule has 112 valence electrons. The molecule has 1 aromatic rings. The summed E-state index contributed by atoms with van der Waals surface area (Å²) in [4.78, 5) is 14.0. The molecule has 0 radical (unpaired) electrons. The second-order valence-electron chi connectivity index (χ2n) is 5.64. The molecule has 2 N–H and O–H groups in total. The first-order chi connectivity index (χ1) is 9.51.